The molecule has 140 valence electrons. The highest BCUT2D eigenvalue weighted by atomic mass is 35.5. The zero-order valence-corrected chi connectivity index (χ0v) is 15.6. The first-order valence-electron chi connectivity index (χ1n) is 8.49. The summed E-state index contributed by atoms with van der Waals surface area (Å²) in [6.45, 7) is 3.95. The van der Waals surface area contributed by atoms with Gasteiger partial charge in [-0.25, -0.2) is 9.78 Å². The van der Waals surface area contributed by atoms with Crippen LogP contribution in [0.15, 0.2) is 47.5 Å². The third-order valence-corrected chi connectivity index (χ3v) is 4.41. The Morgan fingerprint density at radius 2 is 2.07 bits per heavy atom. The Morgan fingerprint density at radius 1 is 1.30 bits per heavy atom. The molecule has 0 saturated carbocycles. The number of nitrogens with one attached hydrogen (secondary N) is 1. The summed E-state index contributed by atoms with van der Waals surface area (Å²) >= 11 is 6.24. The van der Waals surface area contributed by atoms with E-state index in [2.05, 4.69) is 15.3 Å². The molecule has 8 heteroatoms. The van der Waals surface area contributed by atoms with E-state index in [4.69, 9.17) is 11.6 Å². The summed E-state index contributed by atoms with van der Waals surface area (Å²) in [5.41, 5.74) is 0.547. The number of halogens is 1. The second-order valence-corrected chi connectivity index (χ2v) is 6.99. The summed E-state index contributed by atoms with van der Waals surface area (Å²) in [6.07, 6.45) is 2.42. The van der Waals surface area contributed by atoms with Gasteiger partial charge in [0.1, 0.15) is 5.82 Å². The van der Waals surface area contributed by atoms with Crippen molar-refractivity contribution < 1.29 is 9.90 Å². The highest BCUT2D eigenvalue weighted by Crippen LogP contribution is 2.25. The SMILES string of the molecule is CC(C)C[C@H](NC(=O)O)c1nc2cccc(Cl)c2c(=O)n1-c1cccnc1. The van der Waals surface area contributed by atoms with Crippen LogP contribution in [0, 0.1) is 5.92 Å². The largest absolute Gasteiger partial charge is 0.465 e. The molecule has 0 radical (unpaired) electrons. The first-order valence-corrected chi connectivity index (χ1v) is 8.87. The Hall–Kier alpha value is -2.93. The summed E-state index contributed by atoms with van der Waals surface area (Å²) in [5, 5.41) is 12.3. The van der Waals surface area contributed by atoms with Crippen LogP contribution in [0.4, 0.5) is 4.79 Å². The second kappa shape index (κ2) is 7.75. The number of nitrogens with zero attached hydrogens (tertiary/aromatic N) is 3. The van der Waals surface area contributed by atoms with Crippen molar-refractivity contribution in [1.82, 2.24) is 19.9 Å². The van der Waals surface area contributed by atoms with E-state index in [0.717, 1.165) is 0 Å². The van der Waals surface area contributed by atoms with Crippen LogP contribution in [0.2, 0.25) is 5.02 Å². The van der Waals surface area contributed by atoms with Crippen molar-refractivity contribution in [2.45, 2.75) is 26.3 Å². The van der Waals surface area contributed by atoms with Gasteiger partial charge in [0.05, 0.1) is 33.9 Å². The van der Waals surface area contributed by atoms with Gasteiger partial charge in [-0.05, 0) is 36.6 Å². The first-order chi connectivity index (χ1) is 12.9. The highest BCUT2D eigenvalue weighted by molar-refractivity contribution is 6.35. The van der Waals surface area contributed by atoms with Gasteiger partial charge in [-0.2, -0.15) is 0 Å². The number of fused-ring (bicyclic) bond motifs is 1. The van der Waals surface area contributed by atoms with Gasteiger partial charge in [-0.3, -0.25) is 14.3 Å². The number of amides is 1. The van der Waals surface area contributed by atoms with Crippen molar-refractivity contribution in [2.75, 3.05) is 0 Å². The maximum Gasteiger partial charge on any atom is 0.405 e. The maximum absolute atomic E-state index is 13.3. The standard InChI is InChI=1S/C19H19ClN4O3/c1-11(2)9-15(23-19(26)27)17-22-14-7-3-6-13(20)16(14)18(25)24(17)12-5-4-8-21-10-12/h3-8,10-11,15,23H,9H2,1-2H3,(H,26,27)/t15-/m0/s1. The summed E-state index contributed by atoms with van der Waals surface area (Å²) in [6, 6.07) is 7.77. The molecule has 2 heterocycles. The van der Waals surface area contributed by atoms with Crippen LogP contribution in [0.5, 0.6) is 0 Å². The van der Waals surface area contributed by atoms with Crippen LogP contribution in [-0.2, 0) is 0 Å². The second-order valence-electron chi connectivity index (χ2n) is 6.59. The van der Waals surface area contributed by atoms with Gasteiger partial charge >= 0.3 is 6.09 Å². The van der Waals surface area contributed by atoms with Crippen molar-refractivity contribution in [3.8, 4) is 5.69 Å². The number of aromatic nitrogens is 3. The lowest BCUT2D eigenvalue weighted by Gasteiger charge is -2.23. The molecule has 3 rings (SSSR count). The van der Waals surface area contributed by atoms with E-state index >= 15 is 0 Å². The van der Waals surface area contributed by atoms with Crippen LogP contribution < -0.4 is 10.9 Å². The molecule has 1 amide bonds. The Morgan fingerprint density at radius 3 is 2.70 bits per heavy atom. The Bertz CT molecular complexity index is 1030. The summed E-state index contributed by atoms with van der Waals surface area (Å²) in [4.78, 5) is 33.3. The van der Waals surface area contributed by atoms with E-state index in [1.165, 1.54) is 10.8 Å². The predicted octanol–water partition coefficient (Wildman–Crippen LogP) is 3.79. The van der Waals surface area contributed by atoms with E-state index in [1.54, 1.807) is 36.5 Å². The fraction of sp³-hybridized carbons (Fsp3) is 0.263. The van der Waals surface area contributed by atoms with E-state index in [-0.39, 0.29) is 16.9 Å². The lowest BCUT2D eigenvalue weighted by Crippen LogP contribution is -2.34. The molecule has 2 aromatic heterocycles. The molecule has 0 aliphatic rings. The molecule has 0 fully saturated rings. The van der Waals surface area contributed by atoms with Crippen LogP contribution in [0.3, 0.4) is 0 Å². The van der Waals surface area contributed by atoms with E-state index < -0.39 is 12.1 Å². The molecule has 2 N–H and O–H groups in total. The number of rotatable bonds is 5. The molecule has 0 saturated heterocycles. The summed E-state index contributed by atoms with van der Waals surface area (Å²) in [5.74, 6) is 0.482. The number of carboxylic acid groups (broad SMARTS) is 1. The van der Waals surface area contributed by atoms with Gasteiger partial charge in [0.15, 0.2) is 0 Å². The van der Waals surface area contributed by atoms with Crippen molar-refractivity contribution in [3.05, 3.63) is 63.9 Å². The maximum atomic E-state index is 13.3. The molecule has 0 unspecified atom stereocenters. The third kappa shape index (κ3) is 3.93. The zero-order chi connectivity index (χ0) is 19.6. The quantitative estimate of drug-likeness (QED) is 0.695. The molecule has 1 aromatic carbocycles. The number of carbonyl (C=O) groups is 1. The van der Waals surface area contributed by atoms with Gasteiger partial charge < -0.3 is 10.4 Å². The van der Waals surface area contributed by atoms with Gasteiger partial charge in [-0.1, -0.05) is 31.5 Å². The third-order valence-electron chi connectivity index (χ3n) is 4.09. The normalized spacial score (nSPS) is 12.3. The van der Waals surface area contributed by atoms with Crippen molar-refractivity contribution in [3.63, 3.8) is 0 Å². The number of hydrogen-bond donors (Lipinski definition) is 2. The Kier molecular flexibility index (Phi) is 5.41. The molecule has 0 spiro atoms. The van der Waals surface area contributed by atoms with Crippen LogP contribution >= 0.6 is 11.6 Å². The Labute approximate surface area is 160 Å². The zero-order valence-electron chi connectivity index (χ0n) is 14.9. The monoisotopic (exact) mass is 386 g/mol. The average Bonchev–Trinajstić information content (AvgIpc) is 2.61. The molecular weight excluding hydrogens is 368 g/mol. The first kappa shape index (κ1) is 18.8. The number of pyridine rings is 1. The number of hydrogen-bond acceptors (Lipinski definition) is 4. The van der Waals surface area contributed by atoms with Gasteiger partial charge in [0.25, 0.3) is 5.56 Å². The van der Waals surface area contributed by atoms with Crippen molar-refractivity contribution in [1.29, 1.82) is 0 Å². The van der Waals surface area contributed by atoms with Crippen molar-refractivity contribution in [2.24, 2.45) is 5.92 Å². The molecule has 3 aromatic rings. The molecule has 0 aliphatic carbocycles. The summed E-state index contributed by atoms with van der Waals surface area (Å²) in [7, 11) is 0. The number of benzene rings is 1. The molecule has 7 nitrogen and oxygen atoms in total. The van der Waals surface area contributed by atoms with Gasteiger partial charge in [-0.15, -0.1) is 0 Å². The predicted molar refractivity (Wildman–Crippen MR) is 104 cm³/mol. The minimum atomic E-state index is -1.18. The van der Waals surface area contributed by atoms with Crippen LogP contribution in [0.1, 0.15) is 32.1 Å². The highest BCUT2D eigenvalue weighted by Gasteiger charge is 2.24. The van der Waals surface area contributed by atoms with E-state index in [9.17, 15) is 14.7 Å². The molecule has 1 atom stereocenters. The van der Waals surface area contributed by atoms with Crippen LogP contribution in [-0.4, -0.2) is 25.7 Å². The summed E-state index contributed by atoms with van der Waals surface area (Å²) < 4.78 is 1.38. The fourth-order valence-corrected chi connectivity index (χ4v) is 3.28. The fourth-order valence-electron chi connectivity index (χ4n) is 3.03. The van der Waals surface area contributed by atoms with E-state index in [0.29, 0.717) is 28.5 Å². The molecule has 27 heavy (non-hydrogen) atoms. The van der Waals surface area contributed by atoms with E-state index in [1.807, 2.05) is 13.8 Å². The smallest absolute Gasteiger partial charge is 0.405 e. The minimum Gasteiger partial charge on any atom is -0.465 e. The lowest BCUT2D eigenvalue weighted by atomic mass is 10.0. The average molecular weight is 387 g/mol. The Balaban J connectivity index is 2.35. The molecule has 0 aliphatic heterocycles. The molecule has 0 bridgehead atoms. The molecular formula is C19H19ClN4O3. The topological polar surface area (TPSA) is 97.1 Å². The van der Waals surface area contributed by atoms with Crippen molar-refractivity contribution >= 4 is 28.6 Å². The van der Waals surface area contributed by atoms with Gasteiger partial charge in [0, 0.05) is 6.20 Å². The van der Waals surface area contributed by atoms with Gasteiger partial charge in [0.2, 0.25) is 0 Å². The lowest BCUT2D eigenvalue weighted by molar-refractivity contribution is 0.187. The van der Waals surface area contributed by atoms with Crippen LogP contribution in [0.25, 0.3) is 16.6 Å². The minimum absolute atomic E-state index is 0.177.